The quantitative estimate of drug-likeness (QED) is 0.766. The van der Waals surface area contributed by atoms with E-state index in [0.717, 1.165) is 19.4 Å². The fraction of sp³-hybridized carbons (Fsp3) is 0.375. The molecule has 1 aromatic carbocycles. The summed E-state index contributed by atoms with van der Waals surface area (Å²) in [6.07, 6.45) is 6.58. The van der Waals surface area contributed by atoms with Crippen LogP contribution in [0.15, 0.2) is 36.5 Å². The monoisotopic (exact) mass is 242 g/mol. The summed E-state index contributed by atoms with van der Waals surface area (Å²) in [5.41, 5.74) is 9.52. The van der Waals surface area contributed by atoms with E-state index in [2.05, 4.69) is 55.4 Å². The lowest BCUT2D eigenvalue weighted by atomic mass is 9.93. The molecule has 2 heteroatoms. The fourth-order valence-electron chi connectivity index (χ4n) is 2.34. The summed E-state index contributed by atoms with van der Waals surface area (Å²) in [7, 11) is 0. The molecule has 3 N–H and O–H groups in total. The van der Waals surface area contributed by atoms with Gasteiger partial charge in [0.1, 0.15) is 0 Å². The predicted octanol–water partition coefficient (Wildman–Crippen LogP) is 3.95. The average Bonchev–Trinajstić information content (AvgIpc) is 2.78. The molecule has 0 aliphatic heterocycles. The number of nitrogens with two attached hydrogens (primary N) is 1. The van der Waals surface area contributed by atoms with Crippen LogP contribution in [-0.2, 0) is 0 Å². The number of nitrogens with one attached hydrogen (secondary N) is 1. The smallest absolute Gasteiger partial charge is 0.0460 e. The number of allylic oxidation sites excluding steroid dienone is 2. The highest BCUT2D eigenvalue weighted by atomic mass is 14.7. The number of H-pyrrole nitrogens is 1. The van der Waals surface area contributed by atoms with Gasteiger partial charge in [-0.15, -0.1) is 0 Å². The molecule has 0 fully saturated rings. The minimum absolute atomic E-state index is 0.530. The van der Waals surface area contributed by atoms with Crippen LogP contribution in [0.3, 0.4) is 0 Å². The van der Waals surface area contributed by atoms with Crippen molar-refractivity contribution in [3.63, 3.8) is 0 Å². The summed E-state index contributed by atoms with van der Waals surface area (Å²) in [5.74, 6) is 0.530. The molecule has 1 aromatic heterocycles. The van der Waals surface area contributed by atoms with Crippen molar-refractivity contribution in [3.8, 4) is 0 Å². The second-order valence-electron chi connectivity index (χ2n) is 4.99. The number of hydrogen-bond donors (Lipinski definition) is 2. The van der Waals surface area contributed by atoms with Gasteiger partial charge in [-0.25, -0.2) is 0 Å². The maximum Gasteiger partial charge on any atom is 0.0460 e. The van der Waals surface area contributed by atoms with E-state index >= 15 is 0 Å². The van der Waals surface area contributed by atoms with Crippen molar-refractivity contribution in [2.75, 3.05) is 6.54 Å². The van der Waals surface area contributed by atoms with Gasteiger partial charge in [0.25, 0.3) is 0 Å². The minimum atomic E-state index is 0.530. The number of para-hydroxylation sites is 1. The molecule has 18 heavy (non-hydrogen) atoms. The Kier molecular flexibility index (Phi) is 4.21. The zero-order chi connectivity index (χ0) is 13.0. The van der Waals surface area contributed by atoms with Crippen LogP contribution in [0, 0.1) is 5.92 Å². The van der Waals surface area contributed by atoms with Crippen LogP contribution in [-0.4, -0.2) is 11.5 Å². The summed E-state index contributed by atoms with van der Waals surface area (Å²) in [4.78, 5) is 3.35. The second kappa shape index (κ2) is 5.87. The highest BCUT2D eigenvalue weighted by Gasteiger charge is 2.10. The van der Waals surface area contributed by atoms with Crippen molar-refractivity contribution in [2.45, 2.75) is 26.7 Å². The Labute approximate surface area is 109 Å². The van der Waals surface area contributed by atoms with Gasteiger partial charge >= 0.3 is 0 Å². The molecule has 2 rings (SSSR count). The van der Waals surface area contributed by atoms with E-state index < -0.39 is 0 Å². The molecular weight excluding hydrogens is 220 g/mol. The van der Waals surface area contributed by atoms with Crippen LogP contribution >= 0.6 is 0 Å². The highest BCUT2D eigenvalue weighted by molar-refractivity contribution is 5.92. The Morgan fingerprint density at radius 3 is 2.83 bits per heavy atom. The largest absolute Gasteiger partial charge is 0.361 e. The molecule has 0 saturated carbocycles. The van der Waals surface area contributed by atoms with Gasteiger partial charge < -0.3 is 10.7 Å². The van der Waals surface area contributed by atoms with E-state index in [0.29, 0.717) is 5.92 Å². The second-order valence-corrected chi connectivity index (χ2v) is 4.99. The standard InChI is InChI=1S/C16H22N2/c1-12(2)13(7-5-6-10-17)15-11-18-16-9-4-3-8-14(15)16/h3-4,7-9,11-12,18H,5-6,10,17H2,1-2H3/b13-7+. The summed E-state index contributed by atoms with van der Waals surface area (Å²) >= 11 is 0. The SMILES string of the molecule is CC(C)/C(=C\CCCN)c1c[nH]c2ccccc12. The lowest BCUT2D eigenvalue weighted by Crippen LogP contribution is -1.98. The van der Waals surface area contributed by atoms with Gasteiger partial charge in [0.15, 0.2) is 0 Å². The Morgan fingerprint density at radius 1 is 1.33 bits per heavy atom. The summed E-state index contributed by atoms with van der Waals surface area (Å²) in [5, 5.41) is 1.31. The maximum absolute atomic E-state index is 5.56. The molecule has 2 nitrogen and oxygen atoms in total. The third-order valence-corrected chi connectivity index (χ3v) is 3.29. The first kappa shape index (κ1) is 12.9. The number of rotatable bonds is 5. The number of aromatic amines is 1. The molecule has 1 heterocycles. The molecule has 2 aromatic rings. The highest BCUT2D eigenvalue weighted by Crippen LogP contribution is 2.30. The van der Waals surface area contributed by atoms with E-state index in [9.17, 15) is 0 Å². The van der Waals surface area contributed by atoms with Crippen LogP contribution < -0.4 is 5.73 Å². The normalized spacial score (nSPS) is 12.6. The predicted molar refractivity (Wildman–Crippen MR) is 79.4 cm³/mol. The zero-order valence-corrected chi connectivity index (χ0v) is 11.2. The first-order chi connectivity index (χ1) is 8.74. The van der Waals surface area contributed by atoms with Gasteiger partial charge in [-0.3, -0.25) is 0 Å². The third kappa shape index (κ3) is 2.65. The van der Waals surface area contributed by atoms with E-state index in [1.54, 1.807) is 0 Å². The topological polar surface area (TPSA) is 41.8 Å². The number of fused-ring (bicyclic) bond motifs is 1. The molecular formula is C16H22N2. The van der Waals surface area contributed by atoms with Crippen LogP contribution in [0.25, 0.3) is 16.5 Å². The van der Waals surface area contributed by atoms with E-state index in [1.165, 1.54) is 22.0 Å². The van der Waals surface area contributed by atoms with Gasteiger partial charge in [0.2, 0.25) is 0 Å². The molecule has 0 unspecified atom stereocenters. The van der Waals surface area contributed by atoms with Gasteiger partial charge in [0.05, 0.1) is 0 Å². The number of aromatic nitrogens is 1. The molecule has 0 saturated heterocycles. The van der Waals surface area contributed by atoms with Crippen LogP contribution in [0.2, 0.25) is 0 Å². The van der Waals surface area contributed by atoms with Crippen molar-refractivity contribution >= 4 is 16.5 Å². The van der Waals surface area contributed by atoms with Crippen molar-refractivity contribution < 1.29 is 0 Å². The average molecular weight is 242 g/mol. The Morgan fingerprint density at radius 2 is 2.11 bits per heavy atom. The summed E-state index contributed by atoms with van der Waals surface area (Å²) in [6, 6.07) is 8.46. The molecule has 0 radical (unpaired) electrons. The number of benzene rings is 1. The Balaban J connectivity index is 2.39. The van der Waals surface area contributed by atoms with Crippen LogP contribution in [0.5, 0.6) is 0 Å². The molecule has 96 valence electrons. The number of unbranched alkanes of at least 4 members (excludes halogenated alkanes) is 1. The maximum atomic E-state index is 5.56. The fourth-order valence-corrected chi connectivity index (χ4v) is 2.34. The molecule has 0 aliphatic carbocycles. The molecule has 0 aliphatic rings. The number of hydrogen-bond acceptors (Lipinski definition) is 1. The molecule has 0 spiro atoms. The minimum Gasteiger partial charge on any atom is -0.361 e. The molecule has 0 amide bonds. The van der Waals surface area contributed by atoms with E-state index in [1.807, 2.05) is 0 Å². The Hall–Kier alpha value is -1.54. The third-order valence-electron chi connectivity index (χ3n) is 3.29. The van der Waals surface area contributed by atoms with Crippen molar-refractivity contribution in [2.24, 2.45) is 11.7 Å². The van der Waals surface area contributed by atoms with Crippen LogP contribution in [0.4, 0.5) is 0 Å². The molecule has 0 atom stereocenters. The van der Waals surface area contributed by atoms with Gasteiger partial charge in [-0.2, -0.15) is 0 Å². The van der Waals surface area contributed by atoms with Gasteiger partial charge in [-0.1, -0.05) is 38.1 Å². The van der Waals surface area contributed by atoms with Crippen molar-refractivity contribution in [1.82, 2.24) is 4.98 Å². The van der Waals surface area contributed by atoms with Crippen LogP contribution in [0.1, 0.15) is 32.3 Å². The van der Waals surface area contributed by atoms with Crippen molar-refractivity contribution in [3.05, 3.63) is 42.1 Å². The molecule has 0 bridgehead atoms. The van der Waals surface area contributed by atoms with E-state index in [-0.39, 0.29) is 0 Å². The first-order valence-corrected chi connectivity index (χ1v) is 6.70. The zero-order valence-electron chi connectivity index (χ0n) is 11.2. The summed E-state index contributed by atoms with van der Waals surface area (Å²) < 4.78 is 0. The first-order valence-electron chi connectivity index (χ1n) is 6.70. The van der Waals surface area contributed by atoms with E-state index in [4.69, 9.17) is 5.73 Å². The summed E-state index contributed by atoms with van der Waals surface area (Å²) in [6.45, 7) is 5.25. The van der Waals surface area contributed by atoms with Gasteiger partial charge in [0, 0.05) is 22.7 Å². The van der Waals surface area contributed by atoms with Gasteiger partial charge in [-0.05, 0) is 36.9 Å². The lowest BCUT2D eigenvalue weighted by Gasteiger charge is -2.11. The van der Waals surface area contributed by atoms with Crippen molar-refractivity contribution in [1.29, 1.82) is 0 Å². The Bertz CT molecular complexity index is 535. The lowest BCUT2D eigenvalue weighted by molar-refractivity contribution is 0.824.